The molecule has 43 heavy (non-hydrogen) atoms. The van der Waals surface area contributed by atoms with Crippen LogP contribution in [-0.2, 0) is 35.6 Å². The van der Waals surface area contributed by atoms with Crippen LogP contribution in [0.4, 0.5) is 4.79 Å². The molecule has 9 heteroatoms. The van der Waals surface area contributed by atoms with Crippen molar-refractivity contribution < 1.29 is 28.8 Å². The van der Waals surface area contributed by atoms with E-state index >= 15 is 0 Å². The second kappa shape index (κ2) is 14.2. The third-order valence-electron chi connectivity index (χ3n) is 8.40. The molecule has 9 nitrogen and oxygen atoms in total. The molecule has 3 aromatic rings. The second-order valence-electron chi connectivity index (χ2n) is 11.2. The van der Waals surface area contributed by atoms with Gasteiger partial charge in [-0.2, -0.15) is 0 Å². The Hall–Kier alpha value is -3.63. The molecule has 2 aliphatic rings. The van der Waals surface area contributed by atoms with Gasteiger partial charge < -0.3 is 34.7 Å². The topological polar surface area (TPSA) is 102 Å². The Bertz CT molecular complexity index is 1360. The summed E-state index contributed by atoms with van der Waals surface area (Å²) in [5.74, 6) is 1.60. The molecular weight excluding hydrogens is 546 g/mol. The first-order chi connectivity index (χ1) is 20.9. The highest BCUT2D eigenvalue weighted by Gasteiger charge is 2.39. The largest absolute Gasteiger partial charge is 0.493 e. The van der Waals surface area contributed by atoms with Crippen molar-refractivity contribution in [1.82, 2.24) is 15.5 Å². The van der Waals surface area contributed by atoms with E-state index in [1.165, 1.54) is 11.1 Å². The van der Waals surface area contributed by atoms with Crippen molar-refractivity contribution in [3.8, 4) is 11.5 Å². The zero-order valence-electron chi connectivity index (χ0n) is 25.5. The first kappa shape index (κ1) is 30.8. The van der Waals surface area contributed by atoms with Crippen LogP contribution in [0.15, 0.2) is 60.7 Å². The van der Waals surface area contributed by atoms with Gasteiger partial charge in [-0.1, -0.05) is 55.5 Å². The van der Waals surface area contributed by atoms with Gasteiger partial charge >= 0.3 is 6.03 Å². The van der Waals surface area contributed by atoms with Crippen molar-refractivity contribution in [2.45, 2.75) is 58.5 Å². The number of benzene rings is 3. The number of rotatable bonds is 10. The van der Waals surface area contributed by atoms with Gasteiger partial charge in [-0.15, -0.1) is 0 Å². The number of carbonyl (C=O) groups is 1. The summed E-state index contributed by atoms with van der Waals surface area (Å²) in [6, 6.07) is 20.0. The molecule has 2 heterocycles. The summed E-state index contributed by atoms with van der Waals surface area (Å²) in [5.41, 5.74) is 6.38. The van der Waals surface area contributed by atoms with E-state index in [9.17, 15) is 9.90 Å². The Kier molecular flexibility index (Phi) is 10.2. The molecule has 0 radical (unpaired) electrons. The van der Waals surface area contributed by atoms with Crippen LogP contribution in [0.3, 0.4) is 0 Å². The van der Waals surface area contributed by atoms with Crippen molar-refractivity contribution in [2.75, 3.05) is 33.9 Å². The summed E-state index contributed by atoms with van der Waals surface area (Å²) >= 11 is 0. The number of carbonyl (C=O) groups excluding carboxylic acids is 1. The van der Waals surface area contributed by atoms with Crippen LogP contribution in [0.2, 0.25) is 0 Å². The monoisotopic (exact) mass is 589 g/mol. The molecule has 4 atom stereocenters. The molecule has 5 rings (SSSR count). The van der Waals surface area contributed by atoms with Gasteiger partial charge in [-0.3, -0.25) is 4.90 Å². The van der Waals surface area contributed by atoms with Crippen molar-refractivity contribution in [3.05, 3.63) is 94.0 Å². The van der Waals surface area contributed by atoms with Crippen molar-refractivity contribution in [2.24, 2.45) is 5.92 Å². The fourth-order valence-corrected chi connectivity index (χ4v) is 5.88. The standard InChI is InChI=1S/C34H43N3O6/c1-5-35-34(39)36-18-23-6-12-26(13-7-23)33-42-31(22(2)32(43-33)25-10-8-24(21-38)9-11-25)20-37-15-14-27-16-29(40-3)30(41-4)17-28(27)19-37/h6-13,16-17,22,31-33,38H,5,14-15,18-21H2,1-4H3,(H2,35,36,39)/t22-,31+,32+,33?/m0/s1. The summed E-state index contributed by atoms with van der Waals surface area (Å²) in [5, 5.41) is 15.2. The highest BCUT2D eigenvalue weighted by Crippen LogP contribution is 2.42. The van der Waals surface area contributed by atoms with E-state index in [4.69, 9.17) is 18.9 Å². The van der Waals surface area contributed by atoms with Crippen LogP contribution < -0.4 is 20.1 Å². The molecule has 3 aromatic carbocycles. The number of aliphatic hydroxyl groups excluding tert-OH is 1. The number of fused-ring (bicyclic) bond motifs is 1. The fourth-order valence-electron chi connectivity index (χ4n) is 5.88. The van der Waals surface area contributed by atoms with Gasteiger partial charge in [0.1, 0.15) is 0 Å². The van der Waals surface area contributed by atoms with Crippen molar-refractivity contribution >= 4 is 6.03 Å². The van der Waals surface area contributed by atoms with Gasteiger partial charge in [0.05, 0.1) is 33.0 Å². The molecular formula is C34H43N3O6. The lowest BCUT2D eigenvalue weighted by Gasteiger charge is -2.43. The number of hydrogen-bond acceptors (Lipinski definition) is 7. The minimum absolute atomic E-state index is 0.00409. The molecule has 1 saturated heterocycles. The number of aliphatic hydroxyl groups is 1. The summed E-state index contributed by atoms with van der Waals surface area (Å²) < 4.78 is 24.4. The van der Waals surface area contributed by atoms with E-state index in [-0.39, 0.29) is 30.8 Å². The van der Waals surface area contributed by atoms with E-state index in [0.717, 1.165) is 59.8 Å². The quantitative estimate of drug-likeness (QED) is 0.310. The summed E-state index contributed by atoms with van der Waals surface area (Å²) in [6.07, 6.45) is 0.115. The predicted octanol–water partition coefficient (Wildman–Crippen LogP) is 4.86. The first-order valence-corrected chi connectivity index (χ1v) is 15.0. The van der Waals surface area contributed by atoms with E-state index in [2.05, 4.69) is 34.6 Å². The molecule has 0 aliphatic carbocycles. The normalized spacial score (nSPS) is 22.0. The molecule has 0 spiro atoms. The molecule has 3 N–H and O–H groups in total. The minimum Gasteiger partial charge on any atom is -0.493 e. The smallest absolute Gasteiger partial charge is 0.315 e. The highest BCUT2D eigenvalue weighted by molar-refractivity contribution is 5.73. The molecule has 0 aromatic heterocycles. The average Bonchev–Trinajstić information content (AvgIpc) is 3.04. The van der Waals surface area contributed by atoms with Gasteiger partial charge in [0.25, 0.3) is 0 Å². The van der Waals surface area contributed by atoms with E-state index in [1.807, 2.05) is 55.5 Å². The SMILES string of the molecule is CCNC(=O)NCc1ccc(C2O[C@H](CN3CCc4cc(OC)c(OC)cc4C3)[C@H](C)[C@H](c3ccc(CO)cc3)O2)cc1. The molecule has 1 fully saturated rings. The molecule has 0 bridgehead atoms. The second-order valence-corrected chi connectivity index (χ2v) is 11.2. The average molecular weight is 590 g/mol. The Morgan fingerprint density at radius 2 is 1.58 bits per heavy atom. The van der Waals surface area contributed by atoms with Crippen LogP contribution >= 0.6 is 0 Å². The van der Waals surface area contributed by atoms with Crippen LogP contribution in [0.25, 0.3) is 0 Å². The number of nitrogens with zero attached hydrogens (tertiary/aromatic N) is 1. The Morgan fingerprint density at radius 3 is 2.23 bits per heavy atom. The van der Waals surface area contributed by atoms with Crippen molar-refractivity contribution in [1.29, 1.82) is 0 Å². The van der Waals surface area contributed by atoms with Crippen LogP contribution in [0, 0.1) is 5.92 Å². The zero-order valence-corrected chi connectivity index (χ0v) is 25.5. The maximum Gasteiger partial charge on any atom is 0.315 e. The van der Waals surface area contributed by atoms with Crippen LogP contribution in [0.5, 0.6) is 11.5 Å². The number of methoxy groups -OCH3 is 2. The summed E-state index contributed by atoms with van der Waals surface area (Å²) in [6.45, 7) is 7.58. The third-order valence-corrected chi connectivity index (χ3v) is 8.40. The predicted molar refractivity (Wildman–Crippen MR) is 164 cm³/mol. The molecule has 1 unspecified atom stereocenters. The number of hydrogen-bond donors (Lipinski definition) is 3. The third kappa shape index (κ3) is 7.30. The van der Waals surface area contributed by atoms with E-state index < -0.39 is 6.29 Å². The van der Waals surface area contributed by atoms with E-state index in [1.54, 1.807) is 14.2 Å². The van der Waals surface area contributed by atoms with Crippen LogP contribution in [0.1, 0.15) is 59.6 Å². The number of nitrogens with one attached hydrogen (secondary N) is 2. The number of urea groups is 1. The van der Waals surface area contributed by atoms with Gasteiger partial charge in [-0.05, 0) is 53.3 Å². The Labute approximate surface area is 254 Å². The minimum atomic E-state index is -0.546. The Morgan fingerprint density at radius 1 is 0.930 bits per heavy atom. The molecule has 0 saturated carbocycles. The summed E-state index contributed by atoms with van der Waals surface area (Å²) in [7, 11) is 3.34. The first-order valence-electron chi connectivity index (χ1n) is 15.0. The van der Waals surface area contributed by atoms with Crippen molar-refractivity contribution in [3.63, 3.8) is 0 Å². The fraction of sp³-hybridized carbons (Fsp3) is 0.441. The number of ether oxygens (including phenoxy) is 4. The lowest BCUT2D eigenvalue weighted by Crippen LogP contribution is -2.45. The zero-order chi connectivity index (χ0) is 30.3. The maximum absolute atomic E-state index is 11.8. The summed E-state index contributed by atoms with van der Waals surface area (Å²) in [4.78, 5) is 14.3. The van der Waals surface area contributed by atoms with E-state index in [0.29, 0.717) is 13.1 Å². The van der Waals surface area contributed by atoms with Gasteiger partial charge in [0, 0.05) is 44.2 Å². The number of amides is 2. The lowest BCUT2D eigenvalue weighted by atomic mass is 9.89. The molecule has 2 amide bonds. The van der Waals surface area contributed by atoms with Gasteiger partial charge in [-0.25, -0.2) is 4.79 Å². The van der Waals surface area contributed by atoms with Gasteiger partial charge in [0.2, 0.25) is 0 Å². The molecule has 230 valence electrons. The highest BCUT2D eigenvalue weighted by atomic mass is 16.7. The Balaban J connectivity index is 1.34. The van der Waals surface area contributed by atoms with Crippen LogP contribution in [-0.4, -0.2) is 56.0 Å². The molecule has 2 aliphatic heterocycles. The van der Waals surface area contributed by atoms with Gasteiger partial charge in [0.15, 0.2) is 17.8 Å². The lowest BCUT2D eigenvalue weighted by molar-refractivity contribution is -0.276. The maximum atomic E-state index is 11.8.